The van der Waals surface area contributed by atoms with Crippen LogP contribution in [0.4, 0.5) is 5.82 Å². The number of aromatic nitrogens is 1. The van der Waals surface area contributed by atoms with Crippen molar-refractivity contribution in [2.45, 2.75) is 25.2 Å². The average Bonchev–Trinajstić information content (AvgIpc) is 2.45. The first kappa shape index (κ1) is 17.4. The Morgan fingerprint density at radius 1 is 1.33 bits per heavy atom. The largest absolute Gasteiger partial charge is 0.373 e. The van der Waals surface area contributed by atoms with Crippen LogP contribution in [0.2, 0.25) is 0 Å². The van der Waals surface area contributed by atoms with Crippen LogP contribution in [0.1, 0.15) is 20.3 Å². The predicted molar refractivity (Wildman–Crippen MR) is 81.4 cm³/mol. The molecule has 8 heteroatoms. The van der Waals surface area contributed by atoms with Crippen molar-refractivity contribution in [3.8, 4) is 0 Å². The minimum Gasteiger partial charge on any atom is -0.373 e. The number of carbonyl (C=O) groups is 1. The van der Waals surface area contributed by atoms with Gasteiger partial charge in [-0.05, 0) is 18.1 Å². The SMILES string of the molecule is CNc1ccc(S(=O)(=O)NCCC(=O)NCC(C)C)cn1. The van der Waals surface area contributed by atoms with Crippen LogP contribution in [0.3, 0.4) is 0 Å². The zero-order chi connectivity index (χ0) is 15.9. The maximum atomic E-state index is 12.0. The third-order valence-corrected chi connectivity index (χ3v) is 4.10. The van der Waals surface area contributed by atoms with Gasteiger partial charge in [-0.2, -0.15) is 0 Å². The van der Waals surface area contributed by atoms with Gasteiger partial charge in [0.15, 0.2) is 0 Å². The summed E-state index contributed by atoms with van der Waals surface area (Å²) in [6, 6.07) is 3.03. The molecule has 0 aliphatic carbocycles. The number of hydrogen-bond acceptors (Lipinski definition) is 5. The van der Waals surface area contributed by atoms with Gasteiger partial charge in [-0.25, -0.2) is 18.1 Å². The van der Waals surface area contributed by atoms with Gasteiger partial charge >= 0.3 is 0 Å². The van der Waals surface area contributed by atoms with Gasteiger partial charge in [0.1, 0.15) is 10.7 Å². The quantitative estimate of drug-likeness (QED) is 0.651. The third-order valence-electron chi connectivity index (χ3n) is 2.65. The molecule has 0 unspecified atom stereocenters. The lowest BCUT2D eigenvalue weighted by Gasteiger charge is -2.09. The molecule has 0 saturated carbocycles. The highest BCUT2D eigenvalue weighted by atomic mass is 32.2. The van der Waals surface area contributed by atoms with E-state index in [4.69, 9.17) is 0 Å². The summed E-state index contributed by atoms with van der Waals surface area (Å²) in [5, 5.41) is 5.54. The highest BCUT2D eigenvalue weighted by Gasteiger charge is 2.14. The maximum Gasteiger partial charge on any atom is 0.242 e. The molecule has 0 atom stereocenters. The molecular formula is C13H22N4O3S. The van der Waals surface area contributed by atoms with E-state index in [-0.39, 0.29) is 23.8 Å². The summed E-state index contributed by atoms with van der Waals surface area (Å²) in [5.74, 6) is 0.777. The Morgan fingerprint density at radius 2 is 2.05 bits per heavy atom. The molecule has 0 bridgehead atoms. The van der Waals surface area contributed by atoms with Gasteiger partial charge in [-0.1, -0.05) is 13.8 Å². The molecule has 0 aliphatic heterocycles. The molecule has 0 fully saturated rings. The molecule has 7 nitrogen and oxygen atoms in total. The third kappa shape index (κ3) is 6.09. The van der Waals surface area contributed by atoms with E-state index in [0.29, 0.717) is 18.3 Å². The van der Waals surface area contributed by atoms with Crippen molar-refractivity contribution < 1.29 is 13.2 Å². The normalized spacial score (nSPS) is 11.4. The molecule has 0 spiro atoms. The molecule has 21 heavy (non-hydrogen) atoms. The van der Waals surface area contributed by atoms with E-state index in [1.807, 2.05) is 13.8 Å². The molecule has 0 aromatic carbocycles. The van der Waals surface area contributed by atoms with Crippen LogP contribution in [0, 0.1) is 5.92 Å². The van der Waals surface area contributed by atoms with E-state index in [0.717, 1.165) is 0 Å². The number of pyridine rings is 1. The highest BCUT2D eigenvalue weighted by molar-refractivity contribution is 7.89. The van der Waals surface area contributed by atoms with Crippen molar-refractivity contribution >= 4 is 21.7 Å². The van der Waals surface area contributed by atoms with Crippen LogP contribution in [0.5, 0.6) is 0 Å². The summed E-state index contributed by atoms with van der Waals surface area (Å²) < 4.78 is 26.3. The fourth-order valence-electron chi connectivity index (χ4n) is 1.48. The topological polar surface area (TPSA) is 100 Å². The fraction of sp³-hybridized carbons (Fsp3) is 0.538. The molecule has 0 saturated heterocycles. The summed E-state index contributed by atoms with van der Waals surface area (Å²) in [6.45, 7) is 4.62. The van der Waals surface area contributed by atoms with Crippen molar-refractivity contribution in [2.75, 3.05) is 25.5 Å². The number of nitrogens with zero attached hydrogens (tertiary/aromatic N) is 1. The van der Waals surface area contributed by atoms with Crippen molar-refractivity contribution in [2.24, 2.45) is 5.92 Å². The minimum atomic E-state index is -3.63. The van der Waals surface area contributed by atoms with Gasteiger partial charge in [-0.3, -0.25) is 4.79 Å². The summed E-state index contributed by atoms with van der Waals surface area (Å²) >= 11 is 0. The van der Waals surface area contributed by atoms with Crippen LogP contribution in [0.25, 0.3) is 0 Å². The Bertz CT molecular complexity index is 555. The summed E-state index contributed by atoms with van der Waals surface area (Å²) in [7, 11) is -1.93. The van der Waals surface area contributed by atoms with Gasteiger partial charge in [0.25, 0.3) is 0 Å². The molecule has 118 valence electrons. The van der Waals surface area contributed by atoms with Crippen LogP contribution in [0.15, 0.2) is 23.2 Å². The maximum absolute atomic E-state index is 12.0. The second kappa shape index (κ2) is 7.94. The predicted octanol–water partition coefficient (Wildman–Crippen LogP) is 0.564. The molecule has 1 rings (SSSR count). The van der Waals surface area contributed by atoms with E-state index in [2.05, 4.69) is 20.3 Å². The second-order valence-electron chi connectivity index (χ2n) is 4.97. The van der Waals surface area contributed by atoms with E-state index in [9.17, 15) is 13.2 Å². The minimum absolute atomic E-state index is 0.0556. The summed E-state index contributed by atoms with van der Waals surface area (Å²) in [5.41, 5.74) is 0. The Morgan fingerprint density at radius 3 is 2.57 bits per heavy atom. The van der Waals surface area contributed by atoms with Gasteiger partial charge in [0.05, 0.1) is 0 Å². The van der Waals surface area contributed by atoms with Gasteiger partial charge in [0.2, 0.25) is 15.9 Å². The van der Waals surface area contributed by atoms with E-state index in [1.165, 1.54) is 12.3 Å². The Kier molecular flexibility index (Phi) is 6.57. The van der Waals surface area contributed by atoms with Gasteiger partial charge in [-0.15, -0.1) is 0 Å². The van der Waals surface area contributed by atoms with Crippen LogP contribution in [-0.4, -0.2) is 39.4 Å². The zero-order valence-corrected chi connectivity index (χ0v) is 13.3. The lowest BCUT2D eigenvalue weighted by molar-refractivity contribution is -0.121. The lowest BCUT2D eigenvalue weighted by atomic mass is 10.2. The fourth-order valence-corrected chi connectivity index (χ4v) is 2.45. The smallest absolute Gasteiger partial charge is 0.242 e. The average molecular weight is 314 g/mol. The van der Waals surface area contributed by atoms with Crippen molar-refractivity contribution in [3.05, 3.63) is 18.3 Å². The van der Waals surface area contributed by atoms with E-state index >= 15 is 0 Å². The van der Waals surface area contributed by atoms with Crippen molar-refractivity contribution in [1.29, 1.82) is 0 Å². The molecule has 0 aliphatic rings. The molecule has 1 aromatic rings. The van der Waals surface area contributed by atoms with Crippen molar-refractivity contribution in [3.63, 3.8) is 0 Å². The number of sulfonamides is 1. The Hall–Kier alpha value is -1.67. The van der Waals surface area contributed by atoms with Crippen LogP contribution in [-0.2, 0) is 14.8 Å². The number of rotatable bonds is 8. The van der Waals surface area contributed by atoms with Gasteiger partial charge in [0, 0.05) is 32.8 Å². The van der Waals surface area contributed by atoms with Crippen LogP contribution >= 0.6 is 0 Å². The molecule has 3 N–H and O–H groups in total. The number of anilines is 1. The highest BCUT2D eigenvalue weighted by Crippen LogP contribution is 2.09. The molecule has 0 radical (unpaired) electrons. The molecule has 1 amide bonds. The summed E-state index contributed by atoms with van der Waals surface area (Å²) in [6.07, 6.45) is 1.38. The zero-order valence-electron chi connectivity index (χ0n) is 12.5. The Balaban J connectivity index is 2.47. The number of amides is 1. The number of hydrogen-bond donors (Lipinski definition) is 3. The van der Waals surface area contributed by atoms with Gasteiger partial charge < -0.3 is 10.6 Å². The van der Waals surface area contributed by atoms with Crippen LogP contribution < -0.4 is 15.4 Å². The monoisotopic (exact) mass is 314 g/mol. The molecule has 1 aromatic heterocycles. The van der Waals surface area contributed by atoms with Crippen molar-refractivity contribution in [1.82, 2.24) is 15.0 Å². The molecular weight excluding hydrogens is 292 g/mol. The van der Waals surface area contributed by atoms with E-state index < -0.39 is 10.0 Å². The standard InChI is InChI=1S/C13H22N4O3S/c1-10(2)8-16-13(18)6-7-17-21(19,20)11-4-5-12(14-3)15-9-11/h4-5,9-10,17H,6-8H2,1-3H3,(H,14,15)(H,16,18). The number of carbonyl (C=O) groups excluding carboxylic acids is 1. The number of nitrogens with one attached hydrogen (secondary N) is 3. The van der Waals surface area contributed by atoms with E-state index in [1.54, 1.807) is 13.1 Å². The lowest BCUT2D eigenvalue weighted by Crippen LogP contribution is -2.32. The summed E-state index contributed by atoms with van der Waals surface area (Å²) in [4.78, 5) is 15.5. The second-order valence-corrected chi connectivity index (χ2v) is 6.74. The molecule has 1 heterocycles. The first-order chi connectivity index (χ1) is 9.85. The Labute approximate surface area is 125 Å². The first-order valence-electron chi connectivity index (χ1n) is 6.75. The first-order valence-corrected chi connectivity index (χ1v) is 8.23.